The first-order valence-corrected chi connectivity index (χ1v) is 7.31. The fourth-order valence-corrected chi connectivity index (χ4v) is 2.52. The van der Waals surface area contributed by atoms with Gasteiger partial charge in [-0.05, 0) is 44.2 Å². The first-order valence-electron chi connectivity index (χ1n) is 6.52. The molecule has 0 aliphatic carbocycles. The molecule has 1 rings (SSSR count). The summed E-state index contributed by atoms with van der Waals surface area (Å²) in [6, 6.07) is 6.63. The van der Waals surface area contributed by atoms with Crippen molar-refractivity contribution in [2.45, 2.75) is 26.8 Å². The minimum Gasteiger partial charge on any atom is -0.395 e. The van der Waals surface area contributed by atoms with E-state index in [1.165, 1.54) is 11.3 Å². The Labute approximate surface area is 118 Å². The maximum absolute atomic E-state index is 9.15. The number of hydrogen-bond acceptors (Lipinski definition) is 3. The number of nitrogens with one attached hydrogen (secondary N) is 1. The fraction of sp³-hybridized carbons (Fsp3) is 0.571. The molecule has 1 atom stereocenters. The van der Waals surface area contributed by atoms with E-state index in [4.69, 9.17) is 5.11 Å². The van der Waals surface area contributed by atoms with Gasteiger partial charge in [-0.15, -0.1) is 0 Å². The normalized spacial score (nSPS) is 12.5. The highest BCUT2D eigenvalue weighted by atomic mass is 79.9. The molecule has 0 amide bonds. The van der Waals surface area contributed by atoms with Crippen LogP contribution in [0.5, 0.6) is 0 Å². The number of likely N-dealkylation sites (N-methyl/N-ethyl adjacent to an activating group) is 1. The topological polar surface area (TPSA) is 35.5 Å². The molecule has 0 radical (unpaired) electrons. The van der Waals surface area contributed by atoms with Crippen molar-refractivity contribution in [2.75, 3.05) is 31.1 Å². The van der Waals surface area contributed by atoms with Gasteiger partial charge in [-0.1, -0.05) is 22.9 Å². The maximum atomic E-state index is 9.15. The van der Waals surface area contributed by atoms with Gasteiger partial charge in [0.05, 0.1) is 6.61 Å². The third-order valence-electron chi connectivity index (χ3n) is 3.06. The summed E-state index contributed by atoms with van der Waals surface area (Å²) in [5.41, 5.74) is 2.46. The zero-order valence-corrected chi connectivity index (χ0v) is 13.0. The predicted molar refractivity (Wildman–Crippen MR) is 81.2 cm³/mol. The molecule has 0 saturated carbocycles. The zero-order chi connectivity index (χ0) is 13.5. The van der Waals surface area contributed by atoms with Crippen LogP contribution in [0.2, 0.25) is 0 Å². The highest BCUT2D eigenvalue weighted by Crippen LogP contribution is 2.29. The van der Waals surface area contributed by atoms with Gasteiger partial charge in [0.25, 0.3) is 0 Å². The molecule has 2 N–H and O–H groups in total. The number of anilines is 1. The van der Waals surface area contributed by atoms with Crippen molar-refractivity contribution in [3.63, 3.8) is 0 Å². The number of halogens is 1. The molecule has 1 aromatic carbocycles. The quantitative estimate of drug-likeness (QED) is 0.812. The molecule has 1 aromatic rings. The lowest BCUT2D eigenvalue weighted by molar-refractivity contribution is 0.302. The first-order chi connectivity index (χ1) is 8.63. The molecule has 0 saturated heterocycles. The Kier molecular flexibility index (Phi) is 6.68. The van der Waals surface area contributed by atoms with E-state index in [9.17, 15) is 0 Å². The van der Waals surface area contributed by atoms with Crippen molar-refractivity contribution in [3.8, 4) is 0 Å². The van der Waals surface area contributed by atoms with Gasteiger partial charge in [-0.2, -0.15) is 0 Å². The van der Waals surface area contributed by atoms with E-state index < -0.39 is 0 Å². The minimum atomic E-state index is 0.179. The van der Waals surface area contributed by atoms with Crippen LogP contribution in [-0.2, 0) is 0 Å². The Morgan fingerprint density at radius 1 is 1.39 bits per heavy atom. The van der Waals surface area contributed by atoms with Crippen LogP contribution in [0, 0.1) is 0 Å². The Morgan fingerprint density at radius 3 is 2.67 bits per heavy atom. The van der Waals surface area contributed by atoms with Gasteiger partial charge in [0.1, 0.15) is 0 Å². The molecule has 1 unspecified atom stereocenters. The lowest BCUT2D eigenvalue weighted by Gasteiger charge is -2.27. The Balaban J connectivity index is 3.08. The molecule has 18 heavy (non-hydrogen) atoms. The van der Waals surface area contributed by atoms with Gasteiger partial charge in [0, 0.05) is 29.3 Å². The molecule has 102 valence electrons. The average Bonchev–Trinajstić information content (AvgIpc) is 2.36. The second kappa shape index (κ2) is 7.77. The van der Waals surface area contributed by atoms with Gasteiger partial charge in [0.15, 0.2) is 0 Å². The largest absolute Gasteiger partial charge is 0.395 e. The fourth-order valence-electron chi connectivity index (χ4n) is 2.15. The van der Waals surface area contributed by atoms with Crippen molar-refractivity contribution in [1.29, 1.82) is 0 Å². The minimum absolute atomic E-state index is 0.179. The number of aliphatic hydroxyl groups excluding tert-OH is 1. The molecular formula is C14H23BrN2O. The Bertz CT molecular complexity index is 371. The molecule has 0 heterocycles. The zero-order valence-electron chi connectivity index (χ0n) is 11.4. The van der Waals surface area contributed by atoms with Crippen LogP contribution in [0.3, 0.4) is 0 Å². The van der Waals surface area contributed by atoms with E-state index >= 15 is 0 Å². The van der Waals surface area contributed by atoms with E-state index in [-0.39, 0.29) is 6.61 Å². The summed E-state index contributed by atoms with van der Waals surface area (Å²) < 4.78 is 1.09. The molecule has 0 spiro atoms. The number of rotatable bonds is 7. The molecule has 0 aliphatic rings. The molecule has 0 aromatic heterocycles. The second-order valence-electron chi connectivity index (χ2n) is 4.29. The van der Waals surface area contributed by atoms with Crippen LogP contribution in [0.1, 0.15) is 32.4 Å². The van der Waals surface area contributed by atoms with Gasteiger partial charge >= 0.3 is 0 Å². The summed E-state index contributed by atoms with van der Waals surface area (Å²) in [4.78, 5) is 2.20. The molecule has 0 bridgehead atoms. The van der Waals surface area contributed by atoms with E-state index in [0.717, 1.165) is 17.6 Å². The molecule has 4 heteroatoms. The summed E-state index contributed by atoms with van der Waals surface area (Å²) in [6.07, 6.45) is 0. The lowest BCUT2D eigenvalue weighted by Crippen LogP contribution is -2.29. The van der Waals surface area contributed by atoms with Crippen molar-refractivity contribution >= 4 is 21.6 Å². The number of benzene rings is 1. The van der Waals surface area contributed by atoms with Crippen molar-refractivity contribution in [2.24, 2.45) is 0 Å². The van der Waals surface area contributed by atoms with Gasteiger partial charge in [0.2, 0.25) is 0 Å². The second-order valence-corrected chi connectivity index (χ2v) is 5.20. The van der Waals surface area contributed by atoms with E-state index in [2.05, 4.69) is 65.1 Å². The van der Waals surface area contributed by atoms with E-state index in [1.54, 1.807) is 0 Å². The van der Waals surface area contributed by atoms with Crippen LogP contribution in [-0.4, -0.2) is 31.3 Å². The van der Waals surface area contributed by atoms with Crippen molar-refractivity contribution < 1.29 is 5.11 Å². The third kappa shape index (κ3) is 3.97. The van der Waals surface area contributed by atoms with Gasteiger partial charge in [-0.3, -0.25) is 0 Å². The number of hydrogen-bond donors (Lipinski definition) is 2. The third-order valence-corrected chi connectivity index (χ3v) is 3.55. The summed E-state index contributed by atoms with van der Waals surface area (Å²) >= 11 is 3.53. The van der Waals surface area contributed by atoms with Crippen LogP contribution in [0.25, 0.3) is 0 Å². The highest BCUT2D eigenvalue weighted by Gasteiger charge is 2.14. The van der Waals surface area contributed by atoms with Crippen LogP contribution in [0.4, 0.5) is 5.69 Å². The average molecular weight is 315 g/mol. The standard InChI is InChI=1S/C14H23BrN2O/c1-4-16-11(3)13-10-12(15)6-7-14(13)17(5-2)8-9-18/h6-7,10-11,16,18H,4-5,8-9H2,1-3H3. The van der Waals surface area contributed by atoms with Gasteiger partial charge < -0.3 is 15.3 Å². The summed E-state index contributed by atoms with van der Waals surface area (Å²) in [5, 5.41) is 12.6. The first kappa shape index (κ1) is 15.5. The van der Waals surface area contributed by atoms with Crippen molar-refractivity contribution in [1.82, 2.24) is 5.32 Å². The van der Waals surface area contributed by atoms with Gasteiger partial charge in [-0.25, -0.2) is 0 Å². The van der Waals surface area contributed by atoms with Crippen LogP contribution >= 0.6 is 15.9 Å². The monoisotopic (exact) mass is 314 g/mol. The Hall–Kier alpha value is -0.580. The SMILES string of the molecule is CCNC(C)c1cc(Br)ccc1N(CC)CCO. The highest BCUT2D eigenvalue weighted by molar-refractivity contribution is 9.10. The molecule has 3 nitrogen and oxygen atoms in total. The molecule has 0 aliphatic heterocycles. The van der Waals surface area contributed by atoms with Crippen LogP contribution < -0.4 is 10.2 Å². The Morgan fingerprint density at radius 2 is 2.11 bits per heavy atom. The smallest absolute Gasteiger partial charge is 0.0606 e. The summed E-state index contributed by atoms with van der Waals surface area (Å²) in [6.45, 7) is 9.08. The summed E-state index contributed by atoms with van der Waals surface area (Å²) in [7, 11) is 0. The summed E-state index contributed by atoms with van der Waals surface area (Å²) in [5.74, 6) is 0. The lowest BCUT2D eigenvalue weighted by atomic mass is 10.0. The molecule has 0 fully saturated rings. The number of aliphatic hydroxyl groups is 1. The predicted octanol–water partition coefficient (Wildman–Crippen LogP) is 2.94. The van der Waals surface area contributed by atoms with Crippen LogP contribution in [0.15, 0.2) is 22.7 Å². The van der Waals surface area contributed by atoms with E-state index in [0.29, 0.717) is 12.6 Å². The van der Waals surface area contributed by atoms with Crippen molar-refractivity contribution in [3.05, 3.63) is 28.2 Å². The molecular weight excluding hydrogens is 292 g/mol. The maximum Gasteiger partial charge on any atom is 0.0606 e. The number of nitrogens with zero attached hydrogens (tertiary/aromatic N) is 1. The van der Waals surface area contributed by atoms with E-state index in [1.807, 2.05) is 0 Å².